The van der Waals surface area contributed by atoms with E-state index in [-0.39, 0.29) is 25.8 Å². The summed E-state index contributed by atoms with van der Waals surface area (Å²) in [6.07, 6.45) is 1.77. The van der Waals surface area contributed by atoms with Gasteiger partial charge in [0.15, 0.2) is 0 Å². The minimum atomic E-state index is -2.55. The molecule has 0 aliphatic carbocycles. The summed E-state index contributed by atoms with van der Waals surface area (Å²) in [5.74, 6) is -0.261. The zero-order valence-corrected chi connectivity index (χ0v) is 20.7. The molecule has 0 saturated heterocycles. The summed E-state index contributed by atoms with van der Waals surface area (Å²) < 4.78 is 5.63. The molecule has 1 N–H and O–H groups in total. The zero-order chi connectivity index (χ0) is 23.7. The Morgan fingerprint density at radius 3 is 1.67 bits per heavy atom. The topological polar surface area (TPSA) is 55.4 Å². The van der Waals surface area contributed by atoms with Gasteiger partial charge < -0.3 is 0 Å². The Hall–Kier alpha value is -2.75. The molecule has 0 aliphatic heterocycles. The number of rotatable bonds is 10. The molecule has 6 heteroatoms. The molecule has 0 spiro atoms. The number of benzene rings is 3. The SMILES string of the molecule is CC(C)(C)OC(=O)C[C@@H](C[PH](c1ccccc1)(c1ccccc1)c1ccccc1)NBC=O. The van der Waals surface area contributed by atoms with Gasteiger partial charge in [0.1, 0.15) is 0 Å². The number of carbonyl (C=O) groups excluding carboxylic acids is 2. The van der Waals surface area contributed by atoms with E-state index in [0.717, 1.165) is 12.3 Å². The number of hydrogen-bond acceptors (Lipinski definition) is 4. The van der Waals surface area contributed by atoms with Crippen LogP contribution < -0.4 is 21.1 Å². The van der Waals surface area contributed by atoms with Crippen molar-refractivity contribution in [2.75, 3.05) is 6.16 Å². The fourth-order valence-electron chi connectivity index (χ4n) is 4.41. The monoisotopic (exact) mass is 461 g/mol. The van der Waals surface area contributed by atoms with Crippen molar-refractivity contribution in [2.45, 2.75) is 38.8 Å². The summed E-state index contributed by atoms with van der Waals surface area (Å²) in [4.78, 5) is 24.0. The van der Waals surface area contributed by atoms with E-state index in [4.69, 9.17) is 4.74 Å². The van der Waals surface area contributed by atoms with Gasteiger partial charge in [0.05, 0.1) is 0 Å². The Bertz CT molecular complexity index is 927. The normalized spacial score (nSPS) is 13.1. The van der Waals surface area contributed by atoms with Crippen LogP contribution in [-0.2, 0) is 14.3 Å². The van der Waals surface area contributed by atoms with Crippen LogP contribution in [0.25, 0.3) is 0 Å². The third-order valence-corrected chi connectivity index (χ3v) is 10.7. The molecule has 3 aromatic carbocycles. The van der Waals surface area contributed by atoms with E-state index in [0.29, 0.717) is 0 Å². The van der Waals surface area contributed by atoms with Crippen LogP contribution in [0.5, 0.6) is 0 Å². The van der Waals surface area contributed by atoms with Crippen molar-refractivity contribution in [2.24, 2.45) is 0 Å². The van der Waals surface area contributed by atoms with Crippen molar-refractivity contribution in [3.8, 4) is 0 Å². The zero-order valence-electron chi connectivity index (χ0n) is 19.7. The van der Waals surface area contributed by atoms with Gasteiger partial charge in [-0.05, 0) is 0 Å². The average Bonchev–Trinajstić information content (AvgIpc) is 2.81. The van der Waals surface area contributed by atoms with Crippen LogP contribution in [0.3, 0.4) is 0 Å². The first-order valence-electron chi connectivity index (χ1n) is 11.4. The molecule has 0 bridgehead atoms. The summed E-state index contributed by atoms with van der Waals surface area (Å²) >= 11 is 0. The standard InChI is InChI=1S/C27H33BNO3P/c1-27(2,3)32-26(31)19-22(29-28-21-30)20-33(23-13-7-4-8-14-23,24-15-9-5-10-16-24)25-17-11-6-12-18-25/h4-18,21-22,28-29,33H,19-20H2,1-3H3/t22-/m0/s1. The van der Waals surface area contributed by atoms with Crippen LogP contribution in [0, 0.1) is 0 Å². The second-order valence-corrected chi connectivity index (χ2v) is 13.2. The summed E-state index contributed by atoms with van der Waals surface area (Å²) in [7, 11) is -2.36. The molecule has 0 fully saturated rings. The number of esters is 1. The van der Waals surface area contributed by atoms with Crippen molar-refractivity contribution >= 4 is 42.7 Å². The Morgan fingerprint density at radius 2 is 1.30 bits per heavy atom. The molecule has 0 radical (unpaired) electrons. The van der Waals surface area contributed by atoms with E-state index in [9.17, 15) is 9.59 Å². The molecule has 0 amide bonds. The predicted molar refractivity (Wildman–Crippen MR) is 143 cm³/mol. The molecular weight excluding hydrogens is 428 g/mol. The number of carbonyl (C=O) groups is 2. The van der Waals surface area contributed by atoms with Gasteiger partial charge in [-0.3, -0.25) is 0 Å². The fourth-order valence-corrected chi connectivity index (χ4v) is 9.43. The maximum atomic E-state index is 12.8. The molecule has 0 aromatic heterocycles. The van der Waals surface area contributed by atoms with E-state index < -0.39 is 12.9 Å². The second kappa shape index (κ2) is 11.4. The summed E-state index contributed by atoms with van der Waals surface area (Å²) in [5, 5.41) is 7.12. The molecule has 33 heavy (non-hydrogen) atoms. The van der Waals surface area contributed by atoms with Crippen LogP contribution in [-0.4, -0.2) is 37.4 Å². The van der Waals surface area contributed by atoms with Gasteiger partial charge in [-0.2, -0.15) is 0 Å². The molecule has 3 aromatic rings. The van der Waals surface area contributed by atoms with E-state index >= 15 is 0 Å². The first-order chi connectivity index (χ1) is 15.8. The Labute approximate surface area is 198 Å². The molecule has 1 atom stereocenters. The summed E-state index contributed by atoms with van der Waals surface area (Å²) in [6, 6.07) is 31.5. The number of hydrogen-bond donors (Lipinski definition) is 1. The van der Waals surface area contributed by atoms with Crippen molar-refractivity contribution in [3.63, 3.8) is 0 Å². The number of nitrogens with one attached hydrogen (secondary N) is 1. The van der Waals surface area contributed by atoms with Crippen LogP contribution in [0.4, 0.5) is 0 Å². The van der Waals surface area contributed by atoms with Gasteiger partial charge in [0.25, 0.3) is 0 Å². The third kappa shape index (κ3) is 6.63. The Kier molecular flexibility index (Phi) is 8.60. The molecule has 0 saturated carbocycles. The fraction of sp³-hybridized carbons (Fsp3) is 0.259. The van der Waals surface area contributed by atoms with Crippen LogP contribution in [0.2, 0.25) is 0 Å². The minimum absolute atomic E-state index is 0.191. The Balaban J connectivity index is 2.12. The summed E-state index contributed by atoms with van der Waals surface area (Å²) in [5.41, 5.74) is -0.556. The molecule has 172 valence electrons. The maximum absolute atomic E-state index is 12.8. The first-order valence-corrected chi connectivity index (χ1v) is 13.6. The van der Waals surface area contributed by atoms with Gasteiger partial charge in [-0.1, -0.05) is 0 Å². The molecule has 0 unspecified atom stereocenters. The molecule has 4 nitrogen and oxygen atoms in total. The van der Waals surface area contributed by atoms with E-state index in [1.165, 1.54) is 15.9 Å². The van der Waals surface area contributed by atoms with Gasteiger partial charge >= 0.3 is 198 Å². The van der Waals surface area contributed by atoms with Gasteiger partial charge in [0.2, 0.25) is 0 Å². The number of ether oxygens (including phenoxy) is 1. The van der Waals surface area contributed by atoms with E-state index in [2.05, 4.69) is 78.0 Å². The quantitative estimate of drug-likeness (QED) is 0.218. The average molecular weight is 461 g/mol. The van der Waals surface area contributed by atoms with Gasteiger partial charge in [-0.25, -0.2) is 0 Å². The predicted octanol–water partition coefficient (Wildman–Crippen LogP) is 2.94. The van der Waals surface area contributed by atoms with E-state index in [1.54, 1.807) is 0 Å². The molecular formula is C27H33BNO3P. The summed E-state index contributed by atoms with van der Waals surface area (Å²) in [6.45, 7) is 5.61. The van der Waals surface area contributed by atoms with Crippen LogP contribution >= 0.6 is 7.26 Å². The van der Waals surface area contributed by atoms with Crippen molar-refractivity contribution in [1.29, 1.82) is 0 Å². The van der Waals surface area contributed by atoms with Crippen molar-refractivity contribution in [1.82, 2.24) is 5.23 Å². The molecule has 0 heterocycles. The van der Waals surface area contributed by atoms with Gasteiger partial charge in [-0.15, -0.1) is 0 Å². The molecule has 3 rings (SSSR count). The Morgan fingerprint density at radius 1 is 0.879 bits per heavy atom. The van der Waals surface area contributed by atoms with E-state index in [1.807, 2.05) is 39.0 Å². The van der Waals surface area contributed by atoms with Crippen LogP contribution in [0.15, 0.2) is 91.0 Å². The van der Waals surface area contributed by atoms with Crippen molar-refractivity contribution in [3.05, 3.63) is 91.0 Å². The first kappa shape index (κ1) is 24.9. The molecule has 0 aliphatic rings. The third-order valence-electron chi connectivity index (χ3n) is 5.68. The van der Waals surface area contributed by atoms with Crippen LogP contribution in [0.1, 0.15) is 27.2 Å². The second-order valence-electron chi connectivity index (χ2n) is 9.27. The van der Waals surface area contributed by atoms with Gasteiger partial charge in [0, 0.05) is 0 Å². The van der Waals surface area contributed by atoms with Crippen molar-refractivity contribution < 1.29 is 14.3 Å².